The van der Waals surface area contributed by atoms with Crippen molar-refractivity contribution in [1.82, 2.24) is 4.57 Å². The number of methoxy groups -OCH3 is 1. The summed E-state index contributed by atoms with van der Waals surface area (Å²) < 4.78 is 17.7. The molecule has 0 fully saturated rings. The first-order chi connectivity index (χ1) is 12.6. The lowest BCUT2D eigenvalue weighted by molar-refractivity contribution is -0.144. The van der Waals surface area contributed by atoms with E-state index >= 15 is 0 Å². The maximum atomic E-state index is 12.7. The van der Waals surface area contributed by atoms with Gasteiger partial charge in [0.15, 0.2) is 0 Å². The number of nitrogens with zero attached hydrogens (tertiary/aromatic N) is 1. The number of rotatable bonds is 5. The van der Waals surface area contributed by atoms with Gasteiger partial charge in [0.25, 0.3) is 0 Å². The molecule has 0 unspecified atom stereocenters. The second kappa shape index (κ2) is 8.31. The van der Waals surface area contributed by atoms with Gasteiger partial charge in [-0.25, -0.2) is 9.36 Å². The Morgan fingerprint density at radius 2 is 1.96 bits per heavy atom. The predicted molar refractivity (Wildman–Crippen MR) is 106 cm³/mol. The Morgan fingerprint density at radius 3 is 2.52 bits per heavy atom. The van der Waals surface area contributed by atoms with Gasteiger partial charge >= 0.3 is 12.1 Å². The molecule has 0 aliphatic rings. The Morgan fingerprint density at radius 1 is 1.30 bits per heavy atom. The molecule has 8 heteroatoms. The third kappa shape index (κ3) is 4.81. The van der Waals surface area contributed by atoms with Crippen LogP contribution in [0.15, 0.2) is 22.8 Å². The van der Waals surface area contributed by atoms with Crippen molar-refractivity contribution < 1.29 is 23.8 Å². The highest BCUT2D eigenvalue weighted by atomic mass is 79.9. The second-order valence-electron chi connectivity index (χ2n) is 7.03. The minimum absolute atomic E-state index is 0.193. The van der Waals surface area contributed by atoms with Gasteiger partial charge in [0.05, 0.1) is 23.8 Å². The zero-order valence-corrected chi connectivity index (χ0v) is 17.8. The van der Waals surface area contributed by atoms with Crippen molar-refractivity contribution in [3.05, 3.63) is 28.4 Å². The van der Waals surface area contributed by atoms with Crippen LogP contribution in [0.1, 0.15) is 33.3 Å². The topological polar surface area (TPSA) is 92.8 Å². The van der Waals surface area contributed by atoms with E-state index in [1.807, 2.05) is 0 Å². The Bertz CT molecular complexity index is 854. The molecule has 0 aliphatic carbocycles. The van der Waals surface area contributed by atoms with Crippen LogP contribution in [0.4, 0.5) is 4.79 Å². The van der Waals surface area contributed by atoms with Crippen LogP contribution in [-0.4, -0.2) is 42.0 Å². The van der Waals surface area contributed by atoms with Crippen LogP contribution in [-0.2, 0) is 20.7 Å². The van der Waals surface area contributed by atoms with Crippen molar-refractivity contribution in [2.24, 2.45) is 5.73 Å². The lowest BCUT2D eigenvalue weighted by Gasteiger charge is -2.20. The van der Waals surface area contributed by atoms with Gasteiger partial charge in [0.1, 0.15) is 17.4 Å². The summed E-state index contributed by atoms with van der Waals surface area (Å²) >= 11 is 3.48. The lowest BCUT2D eigenvalue weighted by atomic mass is 10.1. The summed E-state index contributed by atoms with van der Waals surface area (Å²) in [5.41, 5.74) is 6.68. The van der Waals surface area contributed by atoms with E-state index in [2.05, 4.69) is 15.9 Å². The first-order valence-corrected chi connectivity index (χ1v) is 9.40. The van der Waals surface area contributed by atoms with E-state index in [1.165, 1.54) is 4.57 Å². The molecule has 0 saturated heterocycles. The molecule has 27 heavy (non-hydrogen) atoms. The molecular weight excluding hydrogens is 416 g/mol. The molecule has 0 bridgehead atoms. The number of carbonyl (C=O) groups excluding carboxylic acids is 2. The van der Waals surface area contributed by atoms with Crippen LogP contribution >= 0.6 is 15.9 Å². The van der Waals surface area contributed by atoms with Gasteiger partial charge in [-0.1, -0.05) is 0 Å². The van der Waals surface area contributed by atoms with E-state index in [0.717, 1.165) is 5.39 Å². The maximum Gasteiger partial charge on any atom is 0.419 e. The van der Waals surface area contributed by atoms with Crippen molar-refractivity contribution in [1.29, 1.82) is 0 Å². The average Bonchev–Trinajstić information content (AvgIpc) is 2.84. The number of aromatic nitrogens is 1. The highest BCUT2D eigenvalue weighted by Gasteiger charge is 2.27. The summed E-state index contributed by atoms with van der Waals surface area (Å²) in [5.74, 6) is 0.132. The van der Waals surface area contributed by atoms with E-state index in [-0.39, 0.29) is 13.0 Å². The number of hydrogen-bond donors (Lipinski definition) is 1. The molecule has 2 aromatic rings. The minimum Gasteiger partial charge on any atom is -0.497 e. The monoisotopic (exact) mass is 440 g/mol. The first-order valence-electron chi connectivity index (χ1n) is 8.61. The van der Waals surface area contributed by atoms with Crippen LogP contribution in [0, 0.1) is 0 Å². The summed E-state index contributed by atoms with van der Waals surface area (Å²) in [6.07, 6.45) is -0.334. The fourth-order valence-electron chi connectivity index (χ4n) is 2.66. The van der Waals surface area contributed by atoms with Gasteiger partial charge in [-0.15, -0.1) is 0 Å². The number of esters is 1. The van der Waals surface area contributed by atoms with Crippen LogP contribution in [0.25, 0.3) is 10.9 Å². The Kier molecular flexibility index (Phi) is 6.54. The number of carbonyl (C=O) groups is 2. The van der Waals surface area contributed by atoms with Crippen LogP contribution in [0.5, 0.6) is 5.75 Å². The number of ether oxygens (including phenoxy) is 3. The Labute approximate surface area is 166 Å². The quantitative estimate of drug-likeness (QED) is 0.713. The third-order valence-corrected chi connectivity index (χ3v) is 4.64. The number of halogens is 1. The average molecular weight is 441 g/mol. The van der Waals surface area contributed by atoms with E-state index < -0.39 is 23.7 Å². The van der Waals surface area contributed by atoms with Crippen molar-refractivity contribution in [2.75, 3.05) is 13.7 Å². The SMILES string of the molecule is CCOC(=O)[C@@H](N)Cc1c(Br)n(C(=O)OC(C)(C)C)c2ccc(OC)cc12. The molecule has 1 aromatic carbocycles. The van der Waals surface area contributed by atoms with E-state index in [0.29, 0.717) is 21.4 Å². The predicted octanol–water partition coefficient (Wildman–Crippen LogP) is 3.63. The van der Waals surface area contributed by atoms with E-state index in [1.54, 1.807) is 53.0 Å². The molecule has 148 valence electrons. The fourth-order valence-corrected chi connectivity index (χ4v) is 3.37. The highest BCUT2D eigenvalue weighted by Crippen LogP contribution is 2.34. The fraction of sp³-hybridized carbons (Fsp3) is 0.474. The molecule has 2 rings (SSSR count). The van der Waals surface area contributed by atoms with Gasteiger partial charge < -0.3 is 19.9 Å². The summed E-state index contributed by atoms with van der Waals surface area (Å²) in [6.45, 7) is 7.36. The molecular formula is C19H25BrN2O5. The first kappa shape index (κ1) is 21.2. The van der Waals surface area contributed by atoms with Crippen LogP contribution in [0.3, 0.4) is 0 Å². The summed E-state index contributed by atoms with van der Waals surface area (Å²) in [4.78, 5) is 24.7. The molecule has 0 spiro atoms. The van der Waals surface area contributed by atoms with Crippen molar-refractivity contribution in [3.63, 3.8) is 0 Å². The van der Waals surface area contributed by atoms with Gasteiger partial charge in [-0.3, -0.25) is 4.79 Å². The summed E-state index contributed by atoms with van der Waals surface area (Å²) in [5, 5.41) is 0.742. The minimum atomic E-state index is -0.856. The second-order valence-corrected chi connectivity index (χ2v) is 7.78. The molecule has 0 radical (unpaired) electrons. The number of fused-ring (bicyclic) bond motifs is 1. The maximum absolute atomic E-state index is 12.7. The smallest absolute Gasteiger partial charge is 0.419 e. The molecule has 0 amide bonds. The largest absolute Gasteiger partial charge is 0.497 e. The molecule has 0 aliphatic heterocycles. The van der Waals surface area contributed by atoms with Crippen LogP contribution < -0.4 is 10.5 Å². The van der Waals surface area contributed by atoms with E-state index in [9.17, 15) is 9.59 Å². The Balaban J connectivity index is 2.56. The zero-order chi connectivity index (χ0) is 20.4. The lowest BCUT2D eigenvalue weighted by Crippen LogP contribution is -2.34. The summed E-state index contributed by atoms with van der Waals surface area (Å²) in [7, 11) is 1.56. The van der Waals surface area contributed by atoms with Gasteiger partial charge in [-0.2, -0.15) is 0 Å². The van der Waals surface area contributed by atoms with Crippen molar-refractivity contribution >= 4 is 38.9 Å². The van der Waals surface area contributed by atoms with Gasteiger partial charge in [0, 0.05) is 11.8 Å². The third-order valence-electron chi connectivity index (χ3n) is 3.80. The van der Waals surface area contributed by atoms with Gasteiger partial charge in [0.2, 0.25) is 0 Å². The van der Waals surface area contributed by atoms with Crippen molar-refractivity contribution in [3.8, 4) is 5.75 Å². The number of nitrogens with two attached hydrogens (primary N) is 1. The Hall–Kier alpha value is -2.06. The molecule has 0 saturated carbocycles. The van der Waals surface area contributed by atoms with E-state index in [4.69, 9.17) is 19.9 Å². The molecule has 2 N–H and O–H groups in total. The number of hydrogen-bond acceptors (Lipinski definition) is 6. The molecule has 7 nitrogen and oxygen atoms in total. The standard InChI is InChI=1S/C19H25BrN2O5/c1-6-26-17(23)14(21)10-13-12-9-11(25-5)7-8-15(12)22(16(13)20)18(24)27-19(2,3)4/h7-9,14H,6,10,21H2,1-5H3/t14-/m0/s1. The molecule has 1 atom stereocenters. The number of benzene rings is 1. The molecule has 1 aromatic heterocycles. The highest BCUT2D eigenvalue weighted by molar-refractivity contribution is 9.10. The normalized spacial score (nSPS) is 12.7. The van der Waals surface area contributed by atoms with Crippen molar-refractivity contribution in [2.45, 2.75) is 45.8 Å². The van der Waals surface area contributed by atoms with Gasteiger partial charge in [-0.05, 0) is 67.4 Å². The zero-order valence-electron chi connectivity index (χ0n) is 16.2. The summed E-state index contributed by atoms with van der Waals surface area (Å²) in [6, 6.07) is 4.46. The molecule has 1 heterocycles. The van der Waals surface area contributed by atoms with Crippen LogP contribution in [0.2, 0.25) is 0 Å².